The minimum atomic E-state index is -1.12. The number of epoxide rings is 1. The topological polar surface area (TPSA) is 195 Å². The van der Waals surface area contributed by atoms with E-state index in [4.69, 9.17) is 30.1 Å². The predicted molar refractivity (Wildman–Crippen MR) is 205 cm³/mol. The second kappa shape index (κ2) is 11.8. The molecule has 4 aromatic rings. The number of aromatic amines is 1. The van der Waals surface area contributed by atoms with Gasteiger partial charge in [-0.3, -0.25) is 4.79 Å². The number of phenols is 1. The van der Waals surface area contributed by atoms with E-state index in [1.165, 1.54) is 6.07 Å². The van der Waals surface area contributed by atoms with Gasteiger partial charge in [0.05, 0.1) is 35.3 Å². The maximum Gasteiger partial charge on any atom is 0.342 e. The lowest BCUT2D eigenvalue weighted by atomic mass is 9.71. The number of esters is 1. The summed E-state index contributed by atoms with van der Waals surface area (Å²) in [4.78, 5) is 30.6. The summed E-state index contributed by atoms with van der Waals surface area (Å²) < 4.78 is 27.2. The molecule has 1 spiro atoms. The summed E-state index contributed by atoms with van der Waals surface area (Å²) in [5, 5.41) is 19.7. The zero-order valence-electron chi connectivity index (χ0n) is 30.8. The number of ether oxygens (including phenoxy) is 3. The fourth-order valence-electron chi connectivity index (χ4n) is 9.79. The van der Waals surface area contributed by atoms with Crippen LogP contribution >= 0.6 is 0 Å². The zero-order chi connectivity index (χ0) is 38.0. The monoisotopic (exact) mass is 744 g/mol. The van der Waals surface area contributed by atoms with Crippen LogP contribution < -0.4 is 32.3 Å². The molecular weight excluding hydrogens is 700 g/mol. The summed E-state index contributed by atoms with van der Waals surface area (Å²) in [7, 11) is 0. The van der Waals surface area contributed by atoms with Gasteiger partial charge in [0.1, 0.15) is 39.9 Å². The number of hydrogen-bond acceptors (Lipinski definition) is 11. The first-order valence-electron chi connectivity index (χ1n) is 19.0. The van der Waals surface area contributed by atoms with Crippen LogP contribution in [0.5, 0.6) is 11.5 Å². The molecule has 8 heterocycles. The number of nitrogens with zero attached hydrogens (tertiary/aromatic N) is 1. The third-order valence-corrected chi connectivity index (χ3v) is 12.3. The van der Waals surface area contributed by atoms with Crippen molar-refractivity contribution in [2.75, 3.05) is 0 Å². The van der Waals surface area contributed by atoms with E-state index in [-0.39, 0.29) is 52.2 Å². The molecule has 8 N–H and O–H groups in total. The standard InChI is InChI=1S/C42H44N6O7/c1-20-10-29(49)36-30(52-20)16-31-37(38(36)50)35-22-5-6-25(13-22)42(40(51)53-39(35)41(2,3)54-31)32(55-42)7-4-21-11-27(47-33(43)12-21)24-14-26(46-34(44)15-24)18-48-17-23-8-9-45-28(23)19-48/h5-6,8-12,14-17,19,22,25-27,32,35,39,45-47,50H,4,7,13,18,43-44H2,1-3H3. The Morgan fingerprint density at radius 1 is 1.05 bits per heavy atom. The van der Waals surface area contributed by atoms with Gasteiger partial charge in [0, 0.05) is 60.1 Å². The second-order valence-corrected chi connectivity index (χ2v) is 16.4. The number of H-pyrrole nitrogens is 1. The van der Waals surface area contributed by atoms with Crippen LogP contribution in [-0.2, 0) is 20.8 Å². The minimum Gasteiger partial charge on any atom is -0.507 e. The predicted octanol–water partition coefficient (Wildman–Crippen LogP) is 4.48. The van der Waals surface area contributed by atoms with Gasteiger partial charge in [0.25, 0.3) is 0 Å². The van der Waals surface area contributed by atoms with Crippen molar-refractivity contribution in [3.8, 4) is 11.5 Å². The summed E-state index contributed by atoms with van der Waals surface area (Å²) in [6.07, 6.45) is 19.3. The molecule has 2 bridgehead atoms. The number of carbonyl (C=O) groups is 1. The van der Waals surface area contributed by atoms with Crippen molar-refractivity contribution in [3.05, 3.63) is 118 Å². The Labute approximate surface area is 316 Å². The summed E-state index contributed by atoms with van der Waals surface area (Å²) >= 11 is 0. The Hall–Kier alpha value is -5.82. The molecule has 2 fully saturated rings. The molecule has 10 rings (SSSR count). The molecule has 0 radical (unpaired) electrons. The molecule has 6 aliphatic rings. The summed E-state index contributed by atoms with van der Waals surface area (Å²) in [6.45, 7) is 6.15. The van der Waals surface area contributed by atoms with Gasteiger partial charge in [-0.1, -0.05) is 24.3 Å². The highest BCUT2D eigenvalue weighted by Crippen LogP contribution is 2.60. The van der Waals surface area contributed by atoms with Crippen LogP contribution in [0.25, 0.3) is 21.9 Å². The first-order chi connectivity index (χ1) is 26.4. The van der Waals surface area contributed by atoms with Gasteiger partial charge >= 0.3 is 5.97 Å². The zero-order valence-corrected chi connectivity index (χ0v) is 30.8. The van der Waals surface area contributed by atoms with E-state index in [9.17, 15) is 14.7 Å². The van der Waals surface area contributed by atoms with Crippen LogP contribution in [0.4, 0.5) is 0 Å². The van der Waals surface area contributed by atoms with Gasteiger partial charge < -0.3 is 55.4 Å². The number of hydrogen-bond donors (Lipinski definition) is 6. The molecule has 13 heteroatoms. The SMILES string of the molecule is Cc1cc(=O)c2c(O)c3c(cc2o1)OC(C)(C)C1OC(=O)C2(OC2CCC2=CC(C4=CC(Cn5cc6cc[nH]c6c5)NC(N)=C4)NC(N)=C2)C2C=CC(C2)C31. The van der Waals surface area contributed by atoms with E-state index in [0.717, 1.165) is 22.0 Å². The lowest BCUT2D eigenvalue weighted by Crippen LogP contribution is -2.55. The number of allylic oxidation sites excluding steroid dienone is 3. The molecule has 8 unspecified atom stereocenters. The molecule has 1 aliphatic carbocycles. The quantitative estimate of drug-likeness (QED) is 0.0926. The van der Waals surface area contributed by atoms with Crippen molar-refractivity contribution < 1.29 is 28.5 Å². The van der Waals surface area contributed by atoms with E-state index in [0.29, 0.717) is 54.5 Å². The number of benzene rings is 1. The number of nitrogens with two attached hydrogens (primary N) is 2. The van der Waals surface area contributed by atoms with Gasteiger partial charge in [-0.15, -0.1) is 0 Å². The largest absolute Gasteiger partial charge is 0.507 e. The van der Waals surface area contributed by atoms with Crippen molar-refractivity contribution >= 4 is 27.8 Å². The van der Waals surface area contributed by atoms with Crippen molar-refractivity contribution in [2.45, 2.75) is 88.0 Å². The lowest BCUT2D eigenvalue weighted by Gasteiger charge is -2.47. The van der Waals surface area contributed by atoms with Crippen LogP contribution in [0.15, 0.2) is 105 Å². The average molecular weight is 745 g/mol. The summed E-state index contributed by atoms with van der Waals surface area (Å²) in [6, 6.07) is 4.89. The Bertz CT molecular complexity index is 2490. The molecule has 55 heavy (non-hydrogen) atoms. The Balaban J connectivity index is 0.878. The van der Waals surface area contributed by atoms with Crippen molar-refractivity contribution in [2.24, 2.45) is 23.3 Å². The minimum absolute atomic E-state index is 0.0181. The number of dihydropyridines is 2. The fourth-order valence-corrected chi connectivity index (χ4v) is 9.79. The average Bonchev–Trinajstić information content (AvgIpc) is 3.41. The van der Waals surface area contributed by atoms with E-state index in [1.807, 2.05) is 32.2 Å². The number of aromatic nitrogens is 2. The first-order valence-corrected chi connectivity index (χ1v) is 19.0. The Morgan fingerprint density at radius 2 is 1.89 bits per heavy atom. The first kappa shape index (κ1) is 33.7. The van der Waals surface area contributed by atoms with Crippen LogP contribution in [0, 0.1) is 18.8 Å². The number of rotatable bonds is 6. The molecule has 1 aromatic carbocycles. The van der Waals surface area contributed by atoms with Gasteiger partial charge in [0.2, 0.25) is 0 Å². The lowest BCUT2D eigenvalue weighted by molar-refractivity contribution is -0.176. The van der Waals surface area contributed by atoms with Crippen molar-refractivity contribution in [1.82, 2.24) is 20.2 Å². The van der Waals surface area contributed by atoms with E-state index in [1.54, 1.807) is 13.0 Å². The molecular formula is C42H44N6O7. The fraction of sp³-hybridized carbons (Fsp3) is 0.381. The summed E-state index contributed by atoms with van der Waals surface area (Å²) in [5.74, 6) is 0.613. The Morgan fingerprint density at radius 3 is 2.73 bits per heavy atom. The highest BCUT2D eigenvalue weighted by Gasteiger charge is 2.70. The van der Waals surface area contributed by atoms with Crippen LogP contribution in [0.2, 0.25) is 0 Å². The number of fused-ring (bicyclic) bond motifs is 9. The highest BCUT2D eigenvalue weighted by molar-refractivity contribution is 5.88. The smallest absolute Gasteiger partial charge is 0.342 e. The number of carbonyl (C=O) groups excluding carboxylic acids is 1. The van der Waals surface area contributed by atoms with Crippen molar-refractivity contribution in [3.63, 3.8) is 0 Å². The van der Waals surface area contributed by atoms with Gasteiger partial charge in [-0.25, -0.2) is 4.79 Å². The number of aromatic hydroxyl groups is 1. The van der Waals surface area contributed by atoms with E-state index < -0.39 is 29.2 Å². The van der Waals surface area contributed by atoms with Crippen molar-refractivity contribution in [1.29, 1.82) is 0 Å². The number of nitrogens with one attached hydrogen (secondary N) is 3. The third kappa shape index (κ3) is 5.38. The summed E-state index contributed by atoms with van der Waals surface area (Å²) in [5.41, 5.74) is 14.2. The molecule has 8 atom stereocenters. The molecule has 3 aromatic heterocycles. The molecule has 284 valence electrons. The van der Waals surface area contributed by atoms with Crippen LogP contribution in [0.3, 0.4) is 0 Å². The molecule has 5 aliphatic heterocycles. The number of phenolic OH excluding ortho intramolecular Hbond substituents is 1. The second-order valence-electron chi connectivity index (χ2n) is 16.4. The normalized spacial score (nSPS) is 31.5. The van der Waals surface area contributed by atoms with Gasteiger partial charge in [-0.05, 0) is 75.3 Å². The maximum atomic E-state index is 14.3. The van der Waals surface area contributed by atoms with Gasteiger partial charge in [0.15, 0.2) is 11.0 Å². The number of aryl methyl sites for hydroxylation is 1. The van der Waals surface area contributed by atoms with Gasteiger partial charge in [-0.2, -0.15) is 0 Å². The molecule has 0 amide bonds. The van der Waals surface area contributed by atoms with E-state index >= 15 is 0 Å². The van der Waals surface area contributed by atoms with Crippen LogP contribution in [0.1, 0.15) is 50.4 Å². The van der Waals surface area contributed by atoms with Crippen LogP contribution in [-0.4, -0.2) is 56.1 Å². The molecule has 2 saturated heterocycles. The Kier molecular flexibility index (Phi) is 7.26. The van der Waals surface area contributed by atoms with E-state index in [2.05, 4.69) is 62.9 Å². The highest BCUT2D eigenvalue weighted by atomic mass is 16.7. The third-order valence-electron chi connectivity index (χ3n) is 12.3. The maximum absolute atomic E-state index is 14.3. The molecule has 13 nitrogen and oxygen atoms in total. The molecule has 0 saturated carbocycles.